The molecule has 1 N–H and O–H groups in total. The average molecular weight is 181 g/mol. The van der Waals surface area contributed by atoms with Crippen molar-refractivity contribution >= 4 is 5.96 Å². The number of nitrogens with one attached hydrogen (secondary N) is 1. The van der Waals surface area contributed by atoms with E-state index in [1.165, 1.54) is 19.3 Å². The summed E-state index contributed by atoms with van der Waals surface area (Å²) in [6.07, 6.45) is 3.83. The number of nitrogens with zero attached hydrogens (tertiary/aromatic N) is 2. The van der Waals surface area contributed by atoms with E-state index in [0.717, 1.165) is 25.0 Å². The van der Waals surface area contributed by atoms with Crippen molar-refractivity contribution in [1.29, 1.82) is 0 Å². The highest BCUT2D eigenvalue weighted by atomic mass is 15.3. The number of hydrogen-bond acceptors (Lipinski definition) is 3. The molecule has 2 atom stereocenters. The minimum atomic E-state index is 0.712. The van der Waals surface area contributed by atoms with Crippen LogP contribution in [0.4, 0.5) is 0 Å². The highest BCUT2D eigenvalue weighted by Gasteiger charge is 2.36. The fourth-order valence-corrected chi connectivity index (χ4v) is 1.92. The monoisotopic (exact) mass is 181 g/mol. The van der Waals surface area contributed by atoms with Crippen LogP contribution in [0.3, 0.4) is 0 Å². The lowest BCUT2D eigenvalue weighted by Crippen LogP contribution is -2.43. The van der Waals surface area contributed by atoms with Crippen LogP contribution in [0.2, 0.25) is 0 Å². The smallest absolute Gasteiger partial charge is 0.193 e. The third-order valence-corrected chi connectivity index (χ3v) is 3.04. The van der Waals surface area contributed by atoms with Crippen LogP contribution in [0.1, 0.15) is 26.2 Å². The molecule has 3 nitrogen and oxygen atoms in total. The van der Waals surface area contributed by atoms with Gasteiger partial charge in [-0.3, -0.25) is 4.99 Å². The quantitative estimate of drug-likeness (QED) is 0.690. The zero-order valence-electron chi connectivity index (χ0n) is 8.58. The number of hydrogen-bond donors (Lipinski definition) is 1. The van der Waals surface area contributed by atoms with Crippen LogP contribution < -0.4 is 5.32 Å². The van der Waals surface area contributed by atoms with Gasteiger partial charge in [-0.1, -0.05) is 13.3 Å². The summed E-state index contributed by atoms with van der Waals surface area (Å²) in [4.78, 5) is 6.72. The van der Waals surface area contributed by atoms with Gasteiger partial charge in [0.25, 0.3) is 0 Å². The summed E-state index contributed by atoms with van der Waals surface area (Å²) >= 11 is 0. The second-order valence-electron chi connectivity index (χ2n) is 4.14. The van der Waals surface area contributed by atoms with Crippen LogP contribution in [-0.4, -0.2) is 37.0 Å². The molecule has 0 aromatic heterocycles. The Balaban J connectivity index is 1.84. The minimum absolute atomic E-state index is 0.712. The lowest BCUT2D eigenvalue weighted by molar-refractivity contribution is 0.443. The van der Waals surface area contributed by atoms with E-state index in [4.69, 9.17) is 0 Å². The van der Waals surface area contributed by atoms with E-state index in [0.29, 0.717) is 6.04 Å². The zero-order chi connectivity index (χ0) is 9.26. The van der Waals surface area contributed by atoms with Crippen molar-refractivity contribution in [3.05, 3.63) is 0 Å². The van der Waals surface area contributed by atoms with Gasteiger partial charge < -0.3 is 10.2 Å². The summed E-state index contributed by atoms with van der Waals surface area (Å²) in [6.45, 7) is 4.41. The summed E-state index contributed by atoms with van der Waals surface area (Å²) in [5, 5.41) is 3.52. The Bertz CT molecular complexity index is 212. The minimum Gasteiger partial charge on any atom is -0.353 e. The lowest BCUT2D eigenvalue weighted by atomic mass is 10.3. The van der Waals surface area contributed by atoms with Crippen molar-refractivity contribution in [2.24, 2.45) is 10.9 Å². The van der Waals surface area contributed by atoms with Crippen LogP contribution in [0.25, 0.3) is 0 Å². The van der Waals surface area contributed by atoms with Gasteiger partial charge in [-0.15, -0.1) is 0 Å². The maximum absolute atomic E-state index is 4.49. The molecule has 2 rings (SSSR count). The van der Waals surface area contributed by atoms with Crippen molar-refractivity contribution < 1.29 is 0 Å². The summed E-state index contributed by atoms with van der Waals surface area (Å²) < 4.78 is 0. The fraction of sp³-hybridized carbons (Fsp3) is 0.900. The van der Waals surface area contributed by atoms with E-state index < -0.39 is 0 Å². The standard InChI is InChI=1S/C10H19N3/c1-3-8-7-9(8)12-10-11-5-4-6-13(10)2/h8-9H,3-7H2,1-2H3,(H,11,12). The Labute approximate surface area is 80.2 Å². The maximum Gasteiger partial charge on any atom is 0.193 e. The van der Waals surface area contributed by atoms with Gasteiger partial charge in [0.1, 0.15) is 0 Å². The van der Waals surface area contributed by atoms with Gasteiger partial charge in [-0.05, 0) is 18.8 Å². The van der Waals surface area contributed by atoms with Crippen LogP contribution in [-0.2, 0) is 0 Å². The second-order valence-corrected chi connectivity index (χ2v) is 4.14. The Hall–Kier alpha value is -0.730. The number of rotatable bonds is 2. The third-order valence-electron chi connectivity index (χ3n) is 3.04. The largest absolute Gasteiger partial charge is 0.353 e. The summed E-state index contributed by atoms with van der Waals surface area (Å²) in [5.74, 6) is 2.02. The van der Waals surface area contributed by atoms with Gasteiger partial charge in [-0.2, -0.15) is 0 Å². The summed E-state index contributed by atoms with van der Waals surface area (Å²) in [6, 6.07) is 0.712. The van der Waals surface area contributed by atoms with Gasteiger partial charge in [-0.25, -0.2) is 0 Å². The zero-order valence-corrected chi connectivity index (χ0v) is 8.58. The molecule has 0 spiro atoms. The van der Waals surface area contributed by atoms with E-state index in [2.05, 4.69) is 29.2 Å². The number of aliphatic imine (C=N–C) groups is 1. The highest BCUT2D eigenvalue weighted by Crippen LogP contribution is 2.33. The second kappa shape index (κ2) is 3.56. The first-order valence-electron chi connectivity index (χ1n) is 5.33. The van der Waals surface area contributed by atoms with Crippen LogP contribution in [0.15, 0.2) is 4.99 Å². The Kier molecular flexibility index (Phi) is 2.42. The van der Waals surface area contributed by atoms with Crippen molar-refractivity contribution in [3.8, 4) is 0 Å². The van der Waals surface area contributed by atoms with Gasteiger partial charge in [0.05, 0.1) is 0 Å². The fourth-order valence-electron chi connectivity index (χ4n) is 1.92. The van der Waals surface area contributed by atoms with Crippen molar-refractivity contribution in [3.63, 3.8) is 0 Å². The van der Waals surface area contributed by atoms with E-state index in [9.17, 15) is 0 Å². The molecule has 2 unspecified atom stereocenters. The first kappa shape index (κ1) is 8.85. The van der Waals surface area contributed by atoms with Crippen LogP contribution in [0, 0.1) is 5.92 Å². The molecule has 0 saturated heterocycles. The van der Waals surface area contributed by atoms with Crippen molar-refractivity contribution in [1.82, 2.24) is 10.2 Å². The molecule has 0 radical (unpaired) electrons. The summed E-state index contributed by atoms with van der Waals surface area (Å²) in [7, 11) is 2.12. The Morgan fingerprint density at radius 1 is 1.62 bits per heavy atom. The Morgan fingerprint density at radius 3 is 3.08 bits per heavy atom. The first-order chi connectivity index (χ1) is 6.31. The van der Waals surface area contributed by atoms with Gasteiger partial charge in [0.2, 0.25) is 0 Å². The van der Waals surface area contributed by atoms with Gasteiger partial charge in [0, 0.05) is 26.2 Å². The molecule has 0 aromatic rings. The SMILES string of the molecule is CCC1CC1NC1=NCCCN1C. The van der Waals surface area contributed by atoms with E-state index >= 15 is 0 Å². The van der Waals surface area contributed by atoms with E-state index in [1.54, 1.807) is 0 Å². The summed E-state index contributed by atoms with van der Waals surface area (Å²) in [5.41, 5.74) is 0. The van der Waals surface area contributed by atoms with Crippen molar-refractivity contribution in [2.75, 3.05) is 20.1 Å². The maximum atomic E-state index is 4.49. The van der Waals surface area contributed by atoms with Gasteiger partial charge >= 0.3 is 0 Å². The third kappa shape index (κ3) is 1.95. The molecular formula is C10H19N3. The van der Waals surface area contributed by atoms with Gasteiger partial charge in [0.15, 0.2) is 5.96 Å². The molecule has 1 heterocycles. The molecule has 1 saturated carbocycles. The van der Waals surface area contributed by atoms with E-state index in [1.807, 2.05) is 0 Å². The molecule has 3 heteroatoms. The molecule has 0 aromatic carbocycles. The molecular weight excluding hydrogens is 162 g/mol. The van der Waals surface area contributed by atoms with E-state index in [-0.39, 0.29) is 0 Å². The molecule has 1 fully saturated rings. The molecule has 1 aliphatic carbocycles. The topological polar surface area (TPSA) is 27.6 Å². The number of guanidine groups is 1. The molecule has 0 bridgehead atoms. The Morgan fingerprint density at radius 2 is 2.46 bits per heavy atom. The molecule has 74 valence electrons. The normalized spacial score (nSPS) is 32.8. The van der Waals surface area contributed by atoms with Crippen LogP contribution >= 0.6 is 0 Å². The first-order valence-corrected chi connectivity index (χ1v) is 5.33. The molecule has 13 heavy (non-hydrogen) atoms. The predicted molar refractivity (Wildman–Crippen MR) is 54.9 cm³/mol. The molecule has 2 aliphatic rings. The highest BCUT2D eigenvalue weighted by molar-refractivity contribution is 5.80. The average Bonchev–Trinajstić information content (AvgIpc) is 2.88. The van der Waals surface area contributed by atoms with Crippen LogP contribution in [0.5, 0.6) is 0 Å². The molecule has 0 amide bonds. The molecule has 1 aliphatic heterocycles. The predicted octanol–water partition coefficient (Wildman–Crippen LogP) is 1.07. The van der Waals surface area contributed by atoms with Crippen molar-refractivity contribution in [2.45, 2.75) is 32.2 Å². The lowest BCUT2D eigenvalue weighted by Gasteiger charge is -2.25.